The number of nitrogens with two attached hydrogens (primary N) is 2. The Balaban J connectivity index is 3.12. The highest BCUT2D eigenvalue weighted by Gasteiger charge is 2.24. The molecule has 4 heteroatoms. The summed E-state index contributed by atoms with van der Waals surface area (Å²) >= 11 is 0. The second-order valence-electron chi connectivity index (χ2n) is 6.79. The topological polar surface area (TPSA) is 92.5 Å². The van der Waals surface area contributed by atoms with Crippen molar-refractivity contribution < 1.29 is 10.2 Å². The van der Waals surface area contributed by atoms with Crippen LogP contribution in [-0.4, -0.2) is 22.2 Å². The van der Waals surface area contributed by atoms with E-state index in [0.717, 1.165) is 12.8 Å². The Labute approximate surface area is 137 Å². The lowest BCUT2D eigenvalue weighted by Gasteiger charge is -2.23. The van der Waals surface area contributed by atoms with Crippen LogP contribution in [0.3, 0.4) is 0 Å². The summed E-state index contributed by atoms with van der Waals surface area (Å²) in [5.74, 6) is -1.95. The van der Waals surface area contributed by atoms with Crippen molar-refractivity contribution in [1.29, 1.82) is 0 Å². The molecule has 0 heterocycles. The number of aliphatic hydroxyl groups is 2. The van der Waals surface area contributed by atoms with Crippen molar-refractivity contribution >= 4 is 0 Å². The maximum atomic E-state index is 9.48. The van der Waals surface area contributed by atoms with E-state index in [9.17, 15) is 10.2 Å². The van der Waals surface area contributed by atoms with Gasteiger partial charge in [-0.05, 0) is 6.42 Å². The number of aliphatic hydroxyl groups excluding tert-OH is 1. The molecule has 1 atom stereocenters. The minimum Gasteiger partial charge on any atom is -0.387 e. The zero-order valence-electron chi connectivity index (χ0n) is 14.7. The fraction of sp³-hybridized carbons (Fsp3) is 1.00. The lowest BCUT2D eigenvalue weighted by Crippen LogP contribution is -2.58. The molecule has 0 rings (SSSR count). The number of unbranched alkanes of at least 4 members (excludes halogenated alkanes) is 13. The highest BCUT2D eigenvalue weighted by molar-refractivity contribution is 4.72. The molecule has 0 aliphatic rings. The van der Waals surface area contributed by atoms with Gasteiger partial charge in [-0.3, -0.25) is 11.5 Å². The van der Waals surface area contributed by atoms with Crippen molar-refractivity contribution in [2.45, 2.75) is 115 Å². The van der Waals surface area contributed by atoms with E-state index in [4.69, 9.17) is 11.5 Å². The third-order valence-corrected chi connectivity index (χ3v) is 4.36. The van der Waals surface area contributed by atoms with Gasteiger partial charge in [-0.1, -0.05) is 96.8 Å². The van der Waals surface area contributed by atoms with E-state index in [-0.39, 0.29) is 0 Å². The van der Waals surface area contributed by atoms with Gasteiger partial charge in [0, 0.05) is 0 Å². The molecule has 0 aromatic carbocycles. The average molecular weight is 317 g/mol. The third-order valence-electron chi connectivity index (χ3n) is 4.36. The molecule has 0 radical (unpaired) electrons. The van der Waals surface area contributed by atoms with Crippen LogP contribution < -0.4 is 11.5 Å². The second kappa shape index (κ2) is 14.4. The van der Waals surface area contributed by atoms with Crippen LogP contribution in [0.5, 0.6) is 0 Å². The van der Waals surface area contributed by atoms with E-state index in [0.29, 0.717) is 6.42 Å². The lowest BCUT2D eigenvalue weighted by molar-refractivity contribution is -0.0703. The van der Waals surface area contributed by atoms with Crippen molar-refractivity contribution in [3.63, 3.8) is 0 Å². The zero-order chi connectivity index (χ0) is 16.7. The Hall–Kier alpha value is -0.160. The molecule has 0 saturated heterocycles. The Morgan fingerprint density at radius 1 is 0.682 bits per heavy atom. The Kier molecular flexibility index (Phi) is 14.3. The average Bonchev–Trinajstić information content (AvgIpc) is 2.46. The van der Waals surface area contributed by atoms with Gasteiger partial charge in [0.1, 0.15) is 6.10 Å². The Morgan fingerprint density at radius 3 is 1.32 bits per heavy atom. The summed E-state index contributed by atoms with van der Waals surface area (Å²) in [4.78, 5) is 0. The molecule has 0 saturated carbocycles. The molecule has 0 aliphatic carbocycles. The van der Waals surface area contributed by atoms with Gasteiger partial charge in [0.05, 0.1) is 0 Å². The highest BCUT2D eigenvalue weighted by atomic mass is 16.4. The van der Waals surface area contributed by atoms with Gasteiger partial charge in [0.15, 0.2) is 5.85 Å². The second-order valence-corrected chi connectivity index (χ2v) is 6.79. The van der Waals surface area contributed by atoms with E-state index >= 15 is 0 Å². The van der Waals surface area contributed by atoms with Crippen LogP contribution in [0.15, 0.2) is 0 Å². The fourth-order valence-electron chi connectivity index (χ4n) is 2.76. The van der Waals surface area contributed by atoms with Crippen molar-refractivity contribution in [3.8, 4) is 0 Å². The van der Waals surface area contributed by atoms with Crippen LogP contribution in [0, 0.1) is 0 Å². The first kappa shape index (κ1) is 21.8. The monoisotopic (exact) mass is 316 g/mol. The molecule has 0 spiro atoms. The first-order valence-electron chi connectivity index (χ1n) is 9.46. The smallest absolute Gasteiger partial charge is 0.193 e. The number of rotatable bonds is 16. The van der Waals surface area contributed by atoms with E-state index in [1.165, 1.54) is 77.0 Å². The van der Waals surface area contributed by atoms with Gasteiger partial charge in [0.2, 0.25) is 0 Å². The molecular formula is C18H40N2O2. The highest BCUT2D eigenvalue weighted by Crippen LogP contribution is 2.14. The quantitative estimate of drug-likeness (QED) is 0.257. The number of hydrogen-bond acceptors (Lipinski definition) is 4. The molecule has 0 amide bonds. The minimum absolute atomic E-state index is 0.474. The summed E-state index contributed by atoms with van der Waals surface area (Å²) in [6, 6.07) is 0. The largest absolute Gasteiger partial charge is 0.387 e. The van der Waals surface area contributed by atoms with Gasteiger partial charge in [-0.25, -0.2) is 0 Å². The Morgan fingerprint density at radius 2 is 1.00 bits per heavy atom. The summed E-state index contributed by atoms with van der Waals surface area (Å²) in [5.41, 5.74) is 10.4. The lowest BCUT2D eigenvalue weighted by atomic mass is 10.0. The summed E-state index contributed by atoms with van der Waals surface area (Å²) in [5, 5.41) is 18.7. The summed E-state index contributed by atoms with van der Waals surface area (Å²) in [7, 11) is 0. The van der Waals surface area contributed by atoms with Crippen LogP contribution in [0.25, 0.3) is 0 Å². The molecule has 0 aromatic rings. The normalized spacial score (nSPS) is 13.5. The molecule has 22 heavy (non-hydrogen) atoms. The first-order chi connectivity index (χ1) is 10.5. The molecular weight excluding hydrogens is 276 g/mol. The maximum absolute atomic E-state index is 9.48. The first-order valence-corrected chi connectivity index (χ1v) is 9.46. The molecule has 134 valence electrons. The Bertz CT molecular complexity index is 230. The van der Waals surface area contributed by atoms with Gasteiger partial charge in [-0.2, -0.15) is 0 Å². The van der Waals surface area contributed by atoms with Gasteiger partial charge in [-0.15, -0.1) is 0 Å². The van der Waals surface area contributed by atoms with Crippen LogP contribution in [0.2, 0.25) is 0 Å². The van der Waals surface area contributed by atoms with E-state index in [2.05, 4.69) is 6.92 Å². The predicted molar refractivity (Wildman–Crippen MR) is 94.3 cm³/mol. The van der Waals surface area contributed by atoms with Crippen molar-refractivity contribution in [3.05, 3.63) is 0 Å². The van der Waals surface area contributed by atoms with Crippen LogP contribution in [0.4, 0.5) is 0 Å². The maximum Gasteiger partial charge on any atom is 0.193 e. The van der Waals surface area contributed by atoms with Gasteiger partial charge >= 0.3 is 0 Å². The summed E-state index contributed by atoms with van der Waals surface area (Å²) < 4.78 is 0. The molecule has 0 fully saturated rings. The van der Waals surface area contributed by atoms with E-state index < -0.39 is 12.0 Å². The summed E-state index contributed by atoms with van der Waals surface area (Å²) in [6.45, 7) is 2.26. The standard InChI is InChI=1S/C18H40N2O2/c1-2-3-4-5-6-7-8-9-10-11-12-13-14-15-16-17(21)18(19,20)22/h17,21-22H,2-16,19-20H2,1H3. The molecule has 4 nitrogen and oxygen atoms in total. The van der Waals surface area contributed by atoms with Crippen molar-refractivity contribution in [2.75, 3.05) is 0 Å². The van der Waals surface area contributed by atoms with Crippen molar-refractivity contribution in [2.24, 2.45) is 11.5 Å². The van der Waals surface area contributed by atoms with Gasteiger partial charge in [0.25, 0.3) is 0 Å². The SMILES string of the molecule is CCCCCCCCCCCCCCCCC(O)C(N)(N)O. The molecule has 0 bridgehead atoms. The fourth-order valence-corrected chi connectivity index (χ4v) is 2.76. The zero-order valence-corrected chi connectivity index (χ0v) is 14.7. The van der Waals surface area contributed by atoms with Crippen LogP contribution >= 0.6 is 0 Å². The minimum atomic E-state index is -1.95. The van der Waals surface area contributed by atoms with E-state index in [1.54, 1.807) is 0 Å². The van der Waals surface area contributed by atoms with E-state index in [1.807, 2.05) is 0 Å². The molecule has 0 aliphatic heterocycles. The third kappa shape index (κ3) is 14.8. The number of hydrogen-bond donors (Lipinski definition) is 4. The molecule has 1 unspecified atom stereocenters. The summed E-state index contributed by atoms with van der Waals surface area (Å²) in [6.07, 6.45) is 17.7. The molecule has 6 N–H and O–H groups in total. The molecule has 0 aromatic heterocycles. The van der Waals surface area contributed by atoms with Gasteiger partial charge < -0.3 is 10.2 Å². The van der Waals surface area contributed by atoms with Crippen molar-refractivity contribution in [1.82, 2.24) is 0 Å². The predicted octanol–water partition coefficient (Wildman–Crippen LogP) is 3.78. The van der Waals surface area contributed by atoms with Crippen LogP contribution in [0.1, 0.15) is 103 Å². The van der Waals surface area contributed by atoms with Crippen LogP contribution in [-0.2, 0) is 0 Å².